The zero-order valence-electron chi connectivity index (χ0n) is 16.1. The summed E-state index contributed by atoms with van der Waals surface area (Å²) in [5.74, 6) is -1.87. The monoisotopic (exact) mass is 371 g/mol. The van der Waals surface area contributed by atoms with Gasteiger partial charge < -0.3 is 4.90 Å². The maximum atomic E-state index is 14.7. The van der Waals surface area contributed by atoms with E-state index in [0.29, 0.717) is 23.2 Å². The van der Waals surface area contributed by atoms with Gasteiger partial charge in [0.1, 0.15) is 17.5 Å². The van der Waals surface area contributed by atoms with Crippen molar-refractivity contribution in [2.45, 2.75) is 27.7 Å². The van der Waals surface area contributed by atoms with Crippen LogP contribution in [0.4, 0.5) is 13.2 Å². The van der Waals surface area contributed by atoms with Crippen molar-refractivity contribution >= 4 is 11.3 Å². The quantitative estimate of drug-likeness (QED) is 0.569. The molecule has 142 valence electrons. The lowest BCUT2D eigenvalue weighted by Crippen LogP contribution is -2.26. The summed E-state index contributed by atoms with van der Waals surface area (Å²) in [4.78, 5) is 1.51. The van der Waals surface area contributed by atoms with Crippen LogP contribution in [0.1, 0.15) is 37.5 Å². The second-order valence-electron chi connectivity index (χ2n) is 5.92. The second kappa shape index (κ2) is 8.76. The summed E-state index contributed by atoms with van der Waals surface area (Å²) >= 11 is 0. The van der Waals surface area contributed by atoms with Crippen LogP contribution in [0.2, 0.25) is 0 Å². The average Bonchev–Trinajstić information content (AvgIpc) is 2.66. The van der Waals surface area contributed by atoms with Crippen LogP contribution in [0.15, 0.2) is 66.6 Å². The Morgan fingerprint density at radius 1 is 0.963 bits per heavy atom. The topological polar surface area (TPSA) is 3.24 Å². The molecule has 0 atom stereocenters. The number of aryl methyl sites for hydroxylation is 1. The van der Waals surface area contributed by atoms with Gasteiger partial charge in [-0.2, -0.15) is 0 Å². The van der Waals surface area contributed by atoms with Crippen LogP contribution < -0.4 is 0 Å². The van der Waals surface area contributed by atoms with Crippen molar-refractivity contribution < 1.29 is 13.2 Å². The summed E-state index contributed by atoms with van der Waals surface area (Å²) in [6, 6.07) is 11.5. The molecule has 0 saturated heterocycles. The number of hydrogen-bond donors (Lipinski definition) is 0. The molecular weight excluding hydrogens is 347 g/mol. The van der Waals surface area contributed by atoms with Gasteiger partial charge in [0.2, 0.25) is 0 Å². The summed E-state index contributed by atoms with van der Waals surface area (Å²) in [6.45, 7) is 11.5. The molecule has 27 heavy (non-hydrogen) atoms. The Kier molecular flexibility index (Phi) is 6.67. The molecule has 0 saturated carbocycles. The lowest BCUT2D eigenvalue weighted by atomic mass is 9.93. The smallest absolute Gasteiger partial charge is 0.146 e. The first-order valence-corrected chi connectivity index (χ1v) is 9.03. The molecule has 0 radical (unpaired) electrons. The highest BCUT2D eigenvalue weighted by Crippen LogP contribution is 2.41. The van der Waals surface area contributed by atoms with E-state index < -0.39 is 17.5 Å². The summed E-state index contributed by atoms with van der Waals surface area (Å²) in [7, 11) is 0. The molecule has 0 N–H and O–H groups in total. The van der Waals surface area contributed by atoms with Crippen molar-refractivity contribution in [2.75, 3.05) is 6.54 Å². The van der Waals surface area contributed by atoms with Crippen LogP contribution in [0.25, 0.3) is 11.3 Å². The van der Waals surface area contributed by atoms with Crippen molar-refractivity contribution in [3.05, 3.63) is 95.0 Å². The van der Waals surface area contributed by atoms with Gasteiger partial charge in [-0.1, -0.05) is 50.8 Å². The molecule has 0 aromatic heterocycles. The standard InChI is InChI=1S/C21H18F3N.C2H6/c1-4-25-14(3)17(22)12-16(15-8-6-5-7-9-15)21(25)20-18(23)10-13(2)11-19(20)24;1-2/h5-12H,3-4H2,1-2H3;1-2H3. The Bertz CT molecular complexity index is 872. The van der Waals surface area contributed by atoms with E-state index in [1.54, 1.807) is 38.1 Å². The Morgan fingerprint density at radius 2 is 1.52 bits per heavy atom. The van der Waals surface area contributed by atoms with Gasteiger partial charge in [0.15, 0.2) is 0 Å². The summed E-state index contributed by atoms with van der Waals surface area (Å²) < 4.78 is 43.8. The van der Waals surface area contributed by atoms with Gasteiger partial charge in [-0.15, -0.1) is 0 Å². The number of halogens is 3. The number of hydrogen-bond acceptors (Lipinski definition) is 1. The number of rotatable bonds is 3. The van der Waals surface area contributed by atoms with Crippen molar-refractivity contribution in [3.63, 3.8) is 0 Å². The first-order chi connectivity index (χ1) is 12.9. The van der Waals surface area contributed by atoms with Crippen LogP contribution in [0, 0.1) is 18.6 Å². The van der Waals surface area contributed by atoms with E-state index in [1.807, 2.05) is 19.9 Å². The molecular formula is C23H24F3N. The minimum Gasteiger partial charge on any atom is -0.339 e. The predicted molar refractivity (Wildman–Crippen MR) is 106 cm³/mol. The van der Waals surface area contributed by atoms with Gasteiger partial charge >= 0.3 is 0 Å². The highest BCUT2D eigenvalue weighted by Gasteiger charge is 2.29. The minimum atomic E-state index is -0.678. The molecule has 4 heteroatoms. The highest BCUT2D eigenvalue weighted by molar-refractivity contribution is 5.97. The van der Waals surface area contributed by atoms with E-state index in [1.165, 1.54) is 23.1 Å². The molecule has 0 amide bonds. The molecule has 0 bridgehead atoms. The lowest BCUT2D eigenvalue weighted by molar-refractivity contribution is 0.469. The molecule has 1 aliphatic heterocycles. The SMILES string of the molecule is C=C1C(F)=CC(c2ccccc2)=C(c2c(F)cc(C)cc2F)N1CC.CC. The first kappa shape index (κ1) is 20.6. The molecule has 1 aliphatic rings. The normalized spacial score (nSPS) is 14.0. The maximum absolute atomic E-state index is 14.7. The fraction of sp³-hybridized carbons (Fsp3) is 0.217. The predicted octanol–water partition coefficient (Wildman–Crippen LogP) is 6.87. The third-order valence-corrected chi connectivity index (χ3v) is 4.22. The molecule has 3 rings (SSSR count). The lowest BCUT2D eigenvalue weighted by Gasteiger charge is -2.33. The summed E-state index contributed by atoms with van der Waals surface area (Å²) in [5.41, 5.74) is 1.80. The average molecular weight is 371 g/mol. The van der Waals surface area contributed by atoms with Gasteiger partial charge in [-0.3, -0.25) is 0 Å². The van der Waals surface area contributed by atoms with E-state index >= 15 is 0 Å². The van der Waals surface area contributed by atoms with E-state index in [2.05, 4.69) is 6.58 Å². The zero-order chi connectivity index (χ0) is 20.1. The number of likely N-dealkylation sites (N-methyl/N-ethyl adjacent to an activating group) is 1. The van der Waals surface area contributed by atoms with E-state index in [-0.39, 0.29) is 17.0 Å². The largest absolute Gasteiger partial charge is 0.339 e. The number of benzene rings is 2. The Hall–Kier alpha value is -2.75. The number of nitrogens with zero attached hydrogens (tertiary/aromatic N) is 1. The van der Waals surface area contributed by atoms with Crippen LogP contribution in [0.3, 0.4) is 0 Å². The fourth-order valence-corrected chi connectivity index (χ4v) is 3.07. The maximum Gasteiger partial charge on any atom is 0.146 e. The van der Waals surface area contributed by atoms with E-state index in [0.717, 1.165) is 0 Å². The molecule has 2 aromatic carbocycles. The van der Waals surface area contributed by atoms with Gasteiger partial charge in [0.05, 0.1) is 17.0 Å². The third kappa shape index (κ3) is 4.00. The van der Waals surface area contributed by atoms with Crippen molar-refractivity contribution in [1.29, 1.82) is 0 Å². The third-order valence-electron chi connectivity index (χ3n) is 4.22. The van der Waals surface area contributed by atoms with Crippen LogP contribution in [0.5, 0.6) is 0 Å². The van der Waals surface area contributed by atoms with Gasteiger partial charge in [-0.25, -0.2) is 13.2 Å². The van der Waals surface area contributed by atoms with Crippen molar-refractivity contribution in [2.24, 2.45) is 0 Å². The van der Waals surface area contributed by atoms with Crippen LogP contribution >= 0.6 is 0 Å². The molecule has 0 fully saturated rings. The van der Waals surface area contributed by atoms with Gasteiger partial charge in [-0.05, 0) is 43.2 Å². The highest BCUT2D eigenvalue weighted by atomic mass is 19.1. The molecule has 2 aromatic rings. The second-order valence-corrected chi connectivity index (χ2v) is 5.92. The van der Waals surface area contributed by atoms with Gasteiger partial charge in [0, 0.05) is 12.1 Å². The van der Waals surface area contributed by atoms with E-state index in [9.17, 15) is 13.2 Å². The number of allylic oxidation sites excluding steroid dienone is 3. The van der Waals surface area contributed by atoms with Gasteiger partial charge in [0.25, 0.3) is 0 Å². The van der Waals surface area contributed by atoms with E-state index in [4.69, 9.17) is 0 Å². The molecule has 1 heterocycles. The Balaban J connectivity index is 0.00000126. The zero-order valence-corrected chi connectivity index (χ0v) is 16.1. The summed E-state index contributed by atoms with van der Waals surface area (Å²) in [5, 5.41) is 0. The van der Waals surface area contributed by atoms with Crippen LogP contribution in [-0.4, -0.2) is 11.4 Å². The Labute approximate surface area is 159 Å². The first-order valence-electron chi connectivity index (χ1n) is 9.03. The minimum absolute atomic E-state index is 0.0940. The fourth-order valence-electron chi connectivity index (χ4n) is 3.07. The van der Waals surface area contributed by atoms with Crippen molar-refractivity contribution in [3.8, 4) is 0 Å². The van der Waals surface area contributed by atoms with Crippen molar-refractivity contribution in [1.82, 2.24) is 4.90 Å². The van der Waals surface area contributed by atoms with Crippen LogP contribution in [-0.2, 0) is 0 Å². The molecule has 0 spiro atoms. The Morgan fingerprint density at radius 3 is 2.04 bits per heavy atom. The summed E-state index contributed by atoms with van der Waals surface area (Å²) in [6.07, 6.45) is 1.29. The molecule has 0 aliphatic carbocycles. The molecule has 1 nitrogen and oxygen atoms in total. The molecule has 0 unspecified atom stereocenters.